The minimum absolute atomic E-state index is 0.237. The van der Waals surface area contributed by atoms with Crippen molar-refractivity contribution in [3.63, 3.8) is 0 Å². The van der Waals surface area contributed by atoms with Crippen molar-refractivity contribution in [3.8, 4) is 17.2 Å². The number of fused-ring (bicyclic) bond motifs is 4. The van der Waals surface area contributed by atoms with E-state index < -0.39 is 0 Å². The summed E-state index contributed by atoms with van der Waals surface area (Å²) in [7, 11) is 0. The number of aromatic nitrogens is 3. The van der Waals surface area contributed by atoms with Crippen molar-refractivity contribution < 1.29 is 9.84 Å². The van der Waals surface area contributed by atoms with Gasteiger partial charge in [0.05, 0.1) is 6.61 Å². The molecular weight excluding hydrogens is 314 g/mol. The Morgan fingerprint density at radius 1 is 0.880 bits per heavy atom. The first-order valence-corrected chi connectivity index (χ1v) is 9.26. The number of ether oxygens (including phenoxy) is 1. The molecular formula is C20H25N3O2. The third-order valence-electron chi connectivity index (χ3n) is 4.75. The average Bonchev–Trinajstić information content (AvgIpc) is 3.27. The summed E-state index contributed by atoms with van der Waals surface area (Å²) in [5, 5.41) is 10.4. The van der Waals surface area contributed by atoms with Crippen LogP contribution < -0.4 is 4.74 Å². The molecule has 0 fully saturated rings. The lowest BCUT2D eigenvalue weighted by Crippen LogP contribution is -1.98. The summed E-state index contributed by atoms with van der Waals surface area (Å²) >= 11 is 0. The Kier molecular flexibility index (Phi) is 4.30. The Balaban J connectivity index is 1.36. The summed E-state index contributed by atoms with van der Waals surface area (Å²) in [6.45, 7) is 2.94. The van der Waals surface area contributed by atoms with Crippen LogP contribution in [-0.2, 0) is 0 Å². The molecule has 0 aliphatic carbocycles. The van der Waals surface area contributed by atoms with E-state index in [0.717, 1.165) is 28.9 Å². The number of aromatic hydroxyl groups is 1. The summed E-state index contributed by atoms with van der Waals surface area (Å²) in [5.74, 6) is 0.965. The van der Waals surface area contributed by atoms with Gasteiger partial charge < -0.3 is 9.84 Å². The highest BCUT2D eigenvalue weighted by Gasteiger charge is 2.25. The molecule has 0 unspecified atom stereocenters. The summed E-state index contributed by atoms with van der Waals surface area (Å²) in [6.07, 6.45) is 7.47. The molecule has 0 radical (unpaired) electrons. The van der Waals surface area contributed by atoms with E-state index in [-0.39, 0.29) is 5.75 Å². The van der Waals surface area contributed by atoms with Crippen LogP contribution in [0.15, 0.2) is 42.5 Å². The molecule has 0 amide bonds. The number of para-hydroxylation sites is 2. The molecule has 25 heavy (non-hydrogen) atoms. The molecule has 0 aliphatic rings. The largest absolute Gasteiger partial charge is 0.505 e. The monoisotopic (exact) mass is 339 g/mol. The molecule has 2 aromatic carbocycles. The smallest absolute Gasteiger partial charge is 0.146 e. The minimum atomic E-state index is 0.237. The highest BCUT2D eigenvalue weighted by atomic mass is 16.5. The van der Waals surface area contributed by atoms with Gasteiger partial charge in [0, 0.05) is 6.07 Å². The number of benzene rings is 2. The zero-order valence-electron chi connectivity index (χ0n) is 14.7. The lowest BCUT2D eigenvalue weighted by molar-refractivity contribution is 0.302. The fourth-order valence-electron chi connectivity index (χ4n) is 3.33. The topological polar surface area (TPSA) is 43.2 Å². The van der Waals surface area contributed by atoms with Gasteiger partial charge in [0.2, 0.25) is 0 Å². The van der Waals surface area contributed by atoms with Gasteiger partial charge in [-0.25, -0.2) is 0 Å². The number of rotatable bonds is 9. The maximum atomic E-state index is 10.4. The fourth-order valence-corrected chi connectivity index (χ4v) is 3.33. The lowest BCUT2D eigenvalue weighted by atomic mass is 10.1. The Morgan fingerprint density at radius 2 is 1.56 bits per heavy atom. The van der Waals surface area contributed by atoms with Crippen molar-refractivity contribution >= 4 is 11.0 Å². The number of unbranched alkanes of at least 4 members (excludes halogenated alkanes) is 5. The van der Waals surface area contributed by atoms with E-state index in [1.165, 1.54) is 32.1 Å². The van der Waals surface area contributed by atoms with E-state index in [1.807, 2.05) is 38.3 Å². The summed E-state index contributed by atoms with van der Waals surface area (Å²) in [4.78, 5) is 1.96. The van der Waals surface area contributed by atoms with Crippen LogP contribution in [0.5, 0.6) is 11.5 Å². The number of nitrogens with zero attached hydrogens (tertiary/aromatic N) is 3. The molecule has 4 rings (SSSR count). The van der Waals surface area contributed by atoms with Crippen LogP contribution >= 0.6 is 0 Å². The Bertz CT molecular complexity index is 905. The molecule has 5 heteroatoms. The molecule has 0 spiro atoms. The third kappa shape index (κ3) is 2.95. The SMILES string of the molecule is CCCCCCCCOc1ccc(-n2n3c4ccccc4n23)c(O)c1. The van der Waals surface area contributed by atoms with Crippen molar-refractivity contribution in [2.24, 2.45) is 0 Å². The molecule has 2 heterocycles. The van der Waals surface area contributed by atoms with Crippen LogP contribution in [0.25, 0.3) is 16.7 Å². The maximum absolute atomic E-state index is 10.4. The number of hydrogen-bond donors (Lipinski definition) is 1. The zero-order valence-corrected chi connectivity index (χ0v) is 14.7. The maximum Gasteiger partial charge on any atom is 0.146 e. The summed E-state index contributed by atoms with van der Waals surface area (Å²) in [6, 6.07) is 13.7. The van der Waals surface area contributed by atoms with Crippen LogP contribution in [0.4, 0.5) is 0 Å². The van der Waals surface area contributed by atoms with Gasteiger partial charge in [-0.3, -0.25) is 0 Å². The molecule has 0 saturated carbocycles. The molecule has 4 aromatic rings. The number of hydrogen-bond acceptors (Lipinski definition) is 2. The van der Waals surface area contributed by atoms with Gasteiger partial charge in [0.15, 0.2) is 0 Å². The molecule has 5 nitrogen and oxygen atoms in total. The van der Waals surface area contributed by atoms with Gasteiger partial charge in [0.25, 0.3) is 0 Å². The van der Waals surface area contributed by atoms with E-state index in [9.17, 15) is 5.11 Å². The van der Waals surface area contributed by atoms with Crippen LogP contribution in [0.1, 0.15) is 45.4 Å². The van der Waals surface area contributed by atoms with Gasteiger partial charge in [-0.2, -0.15) is 0 Å². The van der Waals surface area contributed by atoms with E-state index in [4.69, 9.17) is 4.74 Å². The van der Waals surface area contributed by atoms with E-state index >= 15 is 0 Å². The lowest BCUT2D eigenvalue weighted by Gasteiger charge is -2.07. The Labute approximate surface area is 147 Å². The standard InChI is InChI=1S/C20H25N3O2/c1-2-3-4-5-6-9-14-25-16-12-13-19(20(24)15-16)23-21-17-10-7-8-11-18(17)22(21)23/h7-8,10-13,15,24H,2-6,9,14H2,1H3. The van der Waals surface area contributed by atoms with E-state index in [2.05, 4.69) is 19.1 Å². The second-order valence-corrected chi connectivity index (χ2v) is 6.62. The first-order chi connectivity index (χ1) is 12.3. The van der Waals surface area contributed by atoms with Gasteiger partial charge >= 0.3 is 0 Å². The van der Waals surface area contributed by atoms with Gasteiger partial charge in [-0.15, -0.1) is 14.1 Å². The first kappa shape index (κ1) is 15.9. The predicted octanol–water partition coefficient (Wildman–Crippen LogP) is 4.87. The van der Waals surface area contributed by atoms with Crippen LogP contribution in [-0.4, -0.2) is 25.8 Å². The van der Waals surface area contributed by atoms with Gasteiger partial charge in [0.1, 0.15) is 28.2 Å². The fraction of sp³-hybridized carbons (Fsp3) is 0.400. The normalized spacial score (nSPS) is 11.9. The van der Waals surface area contributed by atoms with Crippen molar-refractivity contribution in [1.82, 2.24) is 14.1 Å². The van der Waals surface area contributed by atoms with Crippen molar-refractivity contribution in [2.45, 2.75) is 45.4 Å². The van der Waals surface area contributed by atoms with Crippen LogP contribution in [0, 0.1) is 0 Å². The summed E-state index contributed by atoms with van der Waals surface area (Å²) < 4.78 is 9.83. The Morgan fingerprint density at radius 3 is 2.24 bits per heavy atom. The minimum Gasteiger partial charge on any atom is -0.505 e. The molecule has 0 atom stereocenters. The number of phenols is 1. The Hall–Kier alpha value is -2.56. The molecule has 0 aliphatic heterocycles. The quantitative estimate of drug-likeness (QED) is 0.442. The first-order valence-electron chi connectivity index (χ1n) is 9.26. The molecule has 0 bridgehead atoms. The average molecular weight is 339 g/mol. The van der Waals surface area contributed by atoms with E-state index in [1.54, 1.807) is 6.07 Å². The van der Waals surface area contributed by atoms with Crippen molar-refractivity contribution in [2.75, 3.05) is 6.61 Å². The molecule has 1 N–H and O–H groups in total. The summed E-state index contributed by atoms with van der Waals surface area (Å²) in [5.41, 5.74) is 3.08. The second kappa shape index (κ2) is 6.75. The van der Waals surface area contributed by atoms with Crippen molar-refractivity contribution in [3.05, 3.63) is 42.5 Å². The number of phenolic OH excluding ortho intramolecular Hbond substituents is 1. The molecule has 0 saturated heterocycles. The highest BCUT2D eigenvalue weighted by molar-refractivity contribution is 5.79. The molecule has 132 valence electrons. The van der Waals surface area contributed by atoms with Gasteiger partial charge in [-0.1, -0.05) is 51.2 Å². The molecule has 2 aromatic heterocycles. The third-order valence-corrected chi connectivity index (χ3v) is 4.75. The van der Waals surface area contributed by atoms with E-state index in [0.29, 0.717) is 6.61 Å². The van der Waals surface area contributed by atoms with Crippen LogP contribution in [0.3, 0.4) is 0 Å². The van der Waals surface area contributed by atoms with Gasteiger partial charge in [-0.05, 0) is 30.7 Å². The highest BCUT2D eigenvalue weighted by Crippen LogP contribution is 2.32. The van der Waals surface area contributed by atoms with Crippen molar-refractivity contribution in [1.29, 1.82) is 0 Å². The second-order valence-electron chi connectivity index (χ2n) is 6.62. The zero-order chi connectivity index (χ0) is 17.2. The predicted molar refractivity (Wildman–Crippen MR) is 99.4 cm³/mol. The van der Waals surface area contributed by atoms with Crippen LogP contribution in [0.2, 0.25) is 0 Å².